The van der Waals surface area contributed by atoms with Gasteiger partial charge in [0.25, 0.3) is 5.91 Å². The molecule has 0 spiro atoms. The van der Waals surface area contributed by atoms with Crippen molar-refractivity contribution in [3.8, 4) is 5.75 Å². The Morgan fingerprint density at radius 2 is 1.96 bits per heavy atom. The second-order valence-electron chi connectivity index (χ2n) is 5.61. The van der Waals surface area contributed by atoms with Crippen LogP contribution in [0.5, 0.6) is 5.75 Å². The molecule has 118 valence electrons. The number of benzene rings is 2. The highest BCUT2D eigenvalue weighted by Gasteiger charge is 2.47. The zero-order chi connectivity index (χ0) is 16.6. The predicted molar refractivity (Wildman–Crippen MR) is 85.6 cm³/mol. The monoisotopic (exact) mass is 311 g/mol. The lowest BCUT2D eigenvalue weighted by Gasteiger charge is -2.20. The highest BCUT2D eigenvalue weighted by Crippen LogP contribution is 2.41. The van der Waals surface area contributed by atoms with Crippen LogP contribution in [0.3, 0.4) is 0 Å². The number of carbonyl (C=O) groups excluding carboxylic acids is 2. The number of carbonyl (C=O) groups is 2. The maximum Gasteiger partial charge on any atom is 0.261 e. The highest BCUT2D eigenvalue weighted by molar-refractivity contribution is 6.10. The minimum absolute atomic E-state index is 0.338. The molecule has 2 aromatic carbocycles. The fourth-order valence-electron chi connectivity index (χ4n) is 2.90. The molecule has 1 aliphatic heterocycles. The molecule has 2 aromatic rings. The average molecular weight is 311 g/mol. The number of amides is 1. The Hall–Kier alpha value is -2.66. The molecule has 1 heterocycles. The van der Waals surface area contributed by atoms with Gasteiger partial charge in [-0.05, 0) is 24.6 Å². The molecule has 1 aliphatic rings. The molecule has 1 amide bonds. The number of para-hydroxylation sites is 2. The summed E-state index contributed by atoms with van der Waals surface area (Å²) in [6.45, 7) is 1.84. The molecular weight excluding hydrogens is 294 g/mol. The number of Topliss-reactive ketones (excluding diaryl/α,β-unsaturated/α-hetero) is 1. The van der Waals surface area contributed by atoms with E-state index in [0.29, 0.717) is 22.6 Å². The Labute approximate surface area is 133 Å². The zero-order valence-corrected chi connectivity index (χ0v) is 12.9. The first kappa shape index (κ1) is 15.2. The van der Waals surface area contributed by atoms with Crippen molar-refractivity contribution in [3.63, 3.8) is 0 Å². The number of hydrogen-bond acceptors (Lipinski definition) is 4. The summed E-state index contributed by atoms with van der Waals surface area (Å²) >= 11 is 0. The topological polar surface area (TPSA) is 75.6 Å². The molecule has 0 saturated heterocycles. The highest BCUT2D eigenvalue weighted by atomic mass is 16.5. The molecular formula is C18H17NO4. The van der Waals surface area contributed by atoms with Crippen LogP contribution in [0.1, 0.15) is 27.9 Å². The lowest BCUT2D eigenvalue weighted by molar-refractivity contribution is -0.133. The van der Waals surface area contributed by atoms with Crippen molar-refractivity contribution in [2.75, 3.05) is 12.4 Å². The van der Waals surface area contributed by atoms with Crippen LogP contribution in [-0.4, -0.2) is 23.9 Å². The molecule has 5 heteroatoms. The second-order valence-corrected chi connectivity index (χ2v) is 5.61. The van der Waals surface area contributed by atoms with Gasteiger partial charge in [-0.2, -0.15) is 0 Å². The Bertz CT molecular complexity index is 799. The second kappa shape index (κ2) is 5.52. The fourth-order valence-corrected chi connectivity index (χ4v) is 2.90. The quantitative estimate of drug-likeness (QED) is 0.850. The Morgan fingerprint density at radius 3 is 2.70 bits per heavy atom. The zero-order valence-electron chi connectivity index (χ0n) is 12.9. The van der Waals surface area contributed by atoms with E-state index in [9.17, 15) is 14.7 Å². The van der Waals surface area contributed by atoms with Crippen LogP contribution in [-0.2, 0) is 10.4 Å². The first-order valence-electron chi connectivity index (χ1n) is 7.27. The van der Waals surface area contributed by atoms with E-state index in [1.807, 2.05) is 13.0 Å². The summed E-state index contributed by atoms with van der Waals surface area (Å²) in [7, 11) is 1.47. The molecule has 0 aromatic heterocycles. The minimum Gasteiger partial charge on any atom is -0.496 e. The number of fused-ring (bicyclic) bond motifs is 1. The number of ether oxygens (including phenoxy) is 1. The lowest BCUT2D eigenvalue weighted by Crippen LogP contribution is -2.36. The van der Waals surface area contributed by atoms with Crippen LogP contribution < -0.4 is 10.1 Å². The molecule has 3 rings (SSSR count). The first-order chi connectivity index (χ1) is 11.0. The third-order valence-electron chi connectivity index (χ3n) is 4.16. The van der Waals surface area contributed by atoms with Crippen LogP contribution in [0.15, 0.2) is 42.5 Å². The third-order valence-corrected chi connectivity index (χ3v) is 4.16. The van der Waals surface area contributed by atoms with Gasteiger partial charge in [-0.25, -0.2) is 0 Å². The summed E-state index contributed by atoms with van der Waals surface area (Å²) < 4.78 is 5.18. The predicted octanol–water partition coefficient (Wildman–Crippen LogP) is 2.42. The number of hydrogen-bond donors (Lipinski definition) is 2. The number of methoxy groups -OCH3 is 1. The maximum absolute atomic E-state index is 12.6. The van der Waals surface area contributed by atoms with E-state index in [2.05, 4.69) is 5.32 Å². The van der Waals surface area contributed by atoms with Crippen molar-refractivity contribution in [2.45, 2.75) is 18.9 Å². The molecule has 0 unspecified atom stereocenters. The van der Waals surface area contributed by atoms with E-state index < -0.39 is 11.5 Å². The maximum atomic E-state index is 12.6. The molecule has 0 aliphatic carbocycles. The van der Waals surface area contributed by atoms with Crippen LogP contribution in [0, 0.1) is 6.92 Å². The van der Waals surface area contributed by atoms with E-state index in [1.54, 1.807) is 36.4 Å². The largest absolute Gasteiger partial charge is 0.496 e. The molecule has 0 saturated carbocycles. The van der Waals surface area contributed by atoms with Crippen LogP contribution in [0.4, 0.5) is 5.69 Å². The number of nitrogens with one attached hydrogen (secondary N) is 1. The first-order valence-corrected chi connectivity index (χ1v) is 7.27. The summed E-state index contributed by atoms with van der Waals surface area (Å²) in [5, 5.41) is 13.5. The van der Waals surface area contributed by atoms with E-state index in [1.165, 1.54) is 7.11 Å². The van der Waals surface area contributed by atoms with Crippen molar-refractivity contribution >= 4 is 17.4 Å². The molecule has 0 radical (unpaired) electrons. The fraction of sp³-hybridized carbons (Fsp3) is 0.222. The summed E-state index contributed by atoms with van der Waals surface area (Å²) in [6.07, 6.45) is -0.338. The Morgan fingerprint density at radius 1 is 1.22 bits per heavy atom. The number of anilines is 1. The van der Waals surface area contributed by atoms with Gasteiger partial charge >= 0.3 is 0 Å². The average Bonchev–Trinajstić information content (AvgIpc) is 2.80. The summed E-state index contributed by atoms with van der Waals surface area (Å²) in [4.78, 5) is 24.9. The molecule has 5 nitrogen and oxygen atoms in total. The van der Waals surface area contributed by atoms with Gasteiger partial charge in [-0.15, -0.1) is 0 Å². The van der Waals surface area contributed by atoms with E-state index in [-0.39, 0.29) is 12.2 Å². The minimum atomic E-state index is -1.86. The van der Waals surface area contributed by atoms with Gasteiger partial charge in [-0.1, -0.05) is 30.3 Å². The smallest absolute Gasteiger partial charge is 0.261 e. The number of rotatable bonds is 4. The van der Waals surface area contributed by atoms with Crippen molar-refractivity contribution in [2.24, 2.45) is 0 Å². The Kier molecular flexibility index (Phi) is 3.66. The number of aliphatic hydroxyl groups is 1. The van der Waals surface area contributed by atoms with Gasteiger partial charge < -0.3 is 15.2 Å². The van der Waals surface area contributed by atoms with Crippen molar-refractivity contribution in [1.29, 1.82) is 0 Å². The Balaban J connectivity index is 1.98. The third kappa shape index (κ3) is 2.39. The summed E-state index contributed by atoms with van der Waals surface area (Å²) in [5.74, 6) is -0.511. The van der Waals surface area contributed by atoms with E-state index in [0.717, 1.165) is 5.56 Å². The molecule has 1 atom stereocenters. The van der Waals surface area contributed by atoms with Gasteiger partial charge in [0, 0.05) is 5.56 Å². The summed E-state index contributed by atoms with van der Waals surface area (Å²) in [6, 6.07) is 12.0. The van der Waals surface area contributed by atoms with Crippen molar-refractivity contribution in [1.82, 2.24) is 0 Å². The molecule has 0 bridgehead atoms. The van der Waals surface area contributed by atoms with Gasteiger partial charge in [0.05, 0.1) is 24.8 Å². The standard InChI is InChI=1S/C18H17NO4/c1-11-6-5-8-13-16(11)19-17(21)18(13,22)10-14(20)12-7-3-4-9-15(12)23-2/h3-9,22H,10H2,1-2H3,(H,19,21)/t18-/m1/s1. The molecule has 0 fully saturated rings. The van der Waals surface area contributed by atoms with Crippen LogP contribution >= 0.6 is 0 Å². The van der Waals surface area contributed by atoms with Crippen LogP contribution in [0.25, 0.3) is 0 Å². The van der Waals surface area contributed by atoms with Crippen molar-refractivity contribution in [3.05, 3.63) is 59.2 Å². The summed E-state index contributed by atoms with van der Waals surface area (Å²) in [5.41, 5.74) is 0.339. The van der Waals surface area contributed by atoms with E-state index >= 15 is 0 Å². The van der Waals surface area contributed by atoms with Crippen molar-refractivity contribution < 1.29 is 19.4 Å². The molecule has 23 heavy (non-hydrogen) atoms. The molecule has 2 N–H and O–H groups in total. The van der Waals surface area contributed by atoms with E-state index in [4.69, 9.17) is 4.74 Å². The van der Waals surface area contributed by atoms with Gasteiger partial charge in [0.2, 0.25) is 0 Å². The number of aryl methyl sites for hydroxylation is 1. The van der Waals surface area contributed by atoms with Gasteiger partial charge in [0.15, 0.2) is 11.4 Å². The van der Waals surface area contributed by atoms with Gasteiger partial charge in [0.1, 0.15) is 5.75 Å². The number of ketones is 1. The lowest BCUT2D eigenvalue weighted by atomic mass is 9.87. The van der Waals surface area contributed by atoms with Gasteiger partial charge in [-0.3, -0.25) is 9.59 Å². The van der Waals surface area contributed by atoms with Crippen LogP contribution in [0.2, 0.25) is 0 Å². The SMILES string of the molecule is COc1ccccc1C(=O)C[C@]1(O)C(=O)Nc2c(C)cccc21. The normalized spacial score (nSPS) is 19.2.